The summed E-state index contributed by atoms with van der Waals surface area (Å²) in [6, 6.07) is 15.3. The maximum atomic E-state index is 12.4. The number of thioether (sulfide) groups is 1. The van der Waals surface area contributed by atoms with E-state index < -0.39 is 6.10 Å². The molecule has 0 radical (unpaired) electrons. The number of aliphatic hydroxyl groups excluding tert-OH is 1. The molecule has 0 saturated heterocycles. The molecule has 3 N–H and O–H groups in total. The van der Waals surface area contributed by atoms with Gasteiger partial charge in [0, 0.05) is 17.0 Å². The van der Waals surface area contributed by atoms with Crippen LogP contribution in [0.5, 0.6) is 5.75 Å². The van der Waals surface area contributed by atoms with Crippen molar-refractivity contribution in [2.75, 3.05) is 18.5 Å². The van der Waals surface area contributed by atoms with Gasteiger partial charge in [-0.1, -0.05) is 24.3 Å². The maximum Gasteiger partial charge on any atom is 0.242 e. The summed E-state index contributed by atoms with van der Waals surface area (Å²) in [5, 5.41) is 15.9. The van der Waals surface area contributed by atoms with Crippen LogP contribution in [0.25, 0.3) is 0 Å². The third kappa shape index (κ3) is 5.48. The fourth-order valence-corrected chi connectivity index (χ4v) is 3.80. The SMILES string of the molecule is CC(C)(C)NCC(O)COc1ccc(C2Sc3ccccc3NC2=O)cc1. The van der Waals surface area contributed by atoms with Gasteiger partial charge in [0.05, 0.1) is 5.69 Å². The lowest BCUT2D eigenvalue weighted by molar-refractivity contribution is -0.115. The number of anilines is 1. The van der Waals surface area contributed by atoms with Crippen LogP contribution in [-0.4, -0.2) is 35.8 Å². The number of ether oxygens (including phenoxy) is 1. The molecule has 2 atom stereocenters. The summed E-state index contributed by atoms with van der Waals surface area (Å²) in [5.74, 6) is 0.659. The number of carbonyl (C=O) groups is 1. The molecule has 144 valence electrons. The third-order valence-corrected chi connectivity index (χ3v) is 5.45. The average Bonchev–Trinajstić information content (AvgIpc) is 2.64. The molecule has 6 heteroatoms. The fraction of sp³-hybridized carbons (Fsp3) is 0.381. The number of rotatable bonds is 6. The molecule has 1 amide bonds. The van der Waals surface area contributed by atoms with Crippen molar-refractivity contribution in [3.63, 3.8) is 0 Å². The Kier molecular flexibility index (Phi) is 6.09. The van der Waals surface area contributed by atoms with Crippen molar-refractivity contribution < 1.29 is 14.6 Å². The number of β-amino-alcohol motifs (C(OH)–C–C–N with tert-alkyl or cyclic N) is 1. The van der Waals surface area contributed by atoms with E-state index in [-0.39, 0.29) is 23.3 Å². The van der Waals surface area contributed by atoms with Gasteiger partial charge in [-0.25, -0.2) is 0 Å². The second kappa shape index (κ2) is 8.33. The van der Waals surface area contributed by atoms with Crippen LogP contribution in [0.1, 0.15) is 31.6 Å². The molecule has 2 unspecified atom stereocenters. The van der Waals surface area contributed by atoms with Gasteiger partial charge >= 0.3 is 0 Å². The quantitative estimate of drug-likeness (QED) is 0.708. The molecule has 0 aromatic heterocycles. The summed E-state index contributed by atoms with van der Waals surface area (Å²) in [6.07, 6.45) is -0.583. The van der Waals surface area contributed by atoms with E-state index >= 15 is 0 Å². The molecule has 3 rings (SSSR count). The first kappa shape index (κ1) is 19.7. The normalized spacial score (nSPS) is 17.8. The number of aliphatic hydroxyl groups is 1. The number of nitrogens with one attached hydrogen (secondary N) is 2. The van der Waals surface area contributed by atoms with E-state index in [1.165, 1.54) is 0 Å². The van der Waals surface area contributed by atoms with Gasteiger partial charge < -0.3 is 20.5 Å². The fourth-order valence-electron chi connectivity index (χ4n) is 2.69. The van der Waals surface area contributed by atoms with Crippen LogP contribution >= 0.6 is 11.8 Å². The minimum Gasteiger partial charge on any atom is -0.491 e. The molecule has 0 aliphatic carbocycles. The van der Waals surface area contributed by atoms with E-state index in [1.807, 2.05) is 48.5 Å². The van der Waals surface area contributed by atoms with E-state index in [9.17, 15) is 9.90 Å². The van der Waals surface area contributed by atoms with E-state index in [2.05, 4.69) is 31.4 Å². The molecule has 0 fully saturated rings. The van der Waals surface area contributed by atoms with Crippen LogP contribution in [0.15, 0.2) is 53.4 Å². The Hall–Kier alpha value is -2.02. The van der Waals surface area contributed by atoms with Crippen LogP contribution in [0.3, 0.4) is 0 Å². The van der Waals surface area contributed by atoms with Crippen molar-refractivity contribution in [1.82, 2.24) is 5.32 Å². The van der Waals surface area contributed by atoms with Crippen LogP contribution in [0.2, 0.25) is 0 Å². The molecule has 0 saturated carbocycles. The zero-order chi connectivity index (χ0) is 19.4. The summed E-state index contributed by atoms with van der Waals surface area (Å²) < 4.78 is 5.66. The average molecular weight is 387 g/mol. The smallest absolute Gasteiger partial charge is 0.242 e. The highest BCUT2D eigenvalue weighted by Crippen LogP contribution is 2.43. The monoisotopic (exact) mass is 386 g/mol. The minimum absolute atomic E-state index is 0.0176. The van der Waals surface area contributed by atoms with Crippen LogP contribution < -0.4 is 15.4 Å². The highest BCUT2D eigenvalue weighted by molar-refractivity contribution is 8.00. The number of hydrogen-bond donors (Lipinski definition) is 3. The first-order valence-corrected chi connectivity index (χ1v) is 9.92. The first-order chi connectivity index (χ1) is 12.8. The molecule has 1 aliphatic heterocycles. The molecule has 5 nitrogen and oxygen atoms in total. The van der Waals surface area contributed by atoms with Crippen molar-refractivity contribution in [2.24, 2.45) is 0 Å². The Labute approximate surface area is 164 Å². The van der Waals surface area contributed by atoms with E-state index in [0.717, 1.165) is 16.1 Å². The number of carbonyl (C=O) groups excluding carboxylic acids is 1. The lowest BCUT2D eigenvalue weighted by Crippen LogP contribution is -2.42. The van der Waals surface area contributed by atoms with Gasteiger partial charge in [0.2, 0.25) is 5.91 Å². The molecule has 0 bridgehead atoms. The van der Waals surface area contributed by atoms with Crippen molar-refractivity contribution in [2.45, 2.75) is 42.6 Å². The maximum absolute atomic E-state index is 12.4. The van der Waals surface area contributed by atoms with Gasteiger partial charge in [-0.3, -0.25) is 4.79 Å². The molecule has 1 aliphatic rings. The lowest BCUT2D eigenvalue weighted by Gasteiger charge is -2.24. The second-order valence-corrected chi connectivity index (χ2v) is 8.79. The van der Waals surface area contributed by atoms with Gasteiger partial charge in [0.25, 0.3) is 0 Å². The summed E-state index contributed by atoms with van der Waals surface area (Å²) in [5.41, 5.74) is 1.75. The Morgan fingerprint density at radius 2 is 1.89 bits per heavy atom. The van der Waals surface area contributed by atoms with Crippen LogP contribution in [-0.2, 0) is 4.79 Å². The molecule has 1 heterocycles. The summed E-state index contributed by atoms with van der Waals surface area (Å²) >= 11 is 1.55. The van der Waals surface area contributed by atoms with Crippen molar-refractivity contribution >= 4 is 23.4 Å². The van der Waals surface area contributed by atoms with Crippen LogP contribution in [0, 0.1) is 0 Å². The number of hydrogen-bond acceptors (Lipinski definition) is 5. The van der Waals surface area contributed by atoms with Gasteiger partial charge in [-0.15, -0.1) is 11.8 Å². The standard InChI is InChI=1S/C21H26N2O3S/c1-21(2,3)22-12-15(24)13-26-16-10-8-14(9-11-16)19-20(25)23-17-6-4-5-7-18(17)27-19/h4-11,15,19,22,24H,12-13H2,1-3H3,(H,23,25). The largest absolute Gasteiger partial charge is 0.491 e. The van der Waals surface area contributed by atoms with Gasteiger partial charge in [0.1, 0.15) is 23.7 Å². The lowest BCUT2D eigenvalue weighted by atomic mass is 10.1. The Balaban J connectivity index is 1.57. The first-order valence-electron chi connectivity index (χ1n) is 9.04. The number of para-hydroxylation sites is 1. The highest BCUT2D eigenvalue weighted by Gasteiger charge is 2.28. The summed E-state index contributed by atoms with van der Waals surface area (Å²) in [7, 11) is 0. The predicted molar refractivity (Wildman–Crippen MR) is 109 cm³/mol. The van der Waals surface area contributed by atoms with E-state index in [4.69, 9.17) is 4.74 Å². The minimum atomic E-state index is -0.583. The molecular formula is C21H26N2O3S. The van der Waals surface area contributed by atoms with Gasteiger partial charge in [-0.05, 0) is 50.6 Å². The summed E-state index contributed by atoms with van der Waals surface area (Å²) in [4.78, 5) is 13.5. The van der Waals surface area contributed by atoms with Crippen molar-refractivity contribution in [3.05, 3.63) is 54.1 Å². The van der Waals surface area contributed by atoms with Crippen molar-refractivity contribution in [1.29, 1.82) is 0 Å². The highest BCUT2D eigenvalue weighted by atomic mass is 32.2. The predicted octanol–water partition coefficient (Wildman–Crippen LogP) is 3.60. The van der Waals surface area contributed by atoms with E-state index in [0.29, 0.717) is 12.3 Å². The van der Waals surface area contributed by atoms with E-state index in [1.54, 1.807) is 11.8 Å². The Morgan fingerprint density at radius 3 is 2.59 bits per heavy atom. The summed E-state index contributed by atoms with van der Waals surface area (Å²) in [6.45, 7) is 6.85. The van der Waals surface area contributed by atoms with Crippen molar-refractivity contribution in [3.8, 4) is 5.75 Å². The third-order valence-electron chi connectivity index (χ3n) is 4.12. The Bertz CT molecular complexity index is 787. The second-order valence-electron chi connectivity index (χ2n) is 7.65. The Morgan fingerprint density at radius 1 is 1.19 bits per heavy atom. The molecule has 2 aromatic rings. The zero-order valence-corrected chi connectivity index (χ0v) is 16.7. The molecule has 27 heavy (non-hydrogen) atoms. The number of amides is 1. The van der Waals surface area contributed by atoms with Gasteiger partial charge in [0.15, 0.2) is 0 Å². The number of benzene rings is 2. The topological polar surface area (TPSA) is 70.6 Å². The number of fused-ring (bicyclic) bond motifs is 1. The molecule has 0 spiro atoms. The zero-order valence-electron chi connectivity index (χ0n) is 15.9. The molecule has 2 aromatic carbocycles. The molecular weight excluding hydrogens is 360 g/mol. The van der Waals surface area contributed by atoms with Crippen LogP contribution in [0.4, 0.5) is 5.69 Å². The van der Waals surface area contributed by atoms with Gasteiger partial charge in [-0.2, -0.15) is 0 Å².